The number of rotatable bonds is 4. The fourth-order valence-electron chi connectivity index (χ4n) is 1.78. The maximum Gasteiger partial charge on any atom is 0.191 e. The fourth-order valence-corrected chi connectivity index (χ4v) is 1.78. The summed E-state index contributed by atoms with van der Waals surface area (Å²) in [6.45, 7) is 5.68. The summed E-state index contributed by atoms with van der Waals surface area (Å²) in [5, 5.41) is 6.61. The SMILES string of the molecule is CCNC(=NCc1ccc(F)cc1)NC1CC1C.I. The zero-order valence-electron chi connectivity index (χ0n) is 11.3. The maximum absolute atomic E-state index is 12.8. The predicted octanol–water partition coefficient (Wildman–Crippen LogP) is 2.91. The number of aliphatic imine (C=N–C) groups is 1. The van der Waals surface area contributed by atoms with E-state index in [9.17, 15) is 4.39 Å². The molecule has 3 nitrogen and oxygen atoms in total. The van der Waals surface area contributed by atoms with Crippen LogP contribution in [0.5, 0.6) is 0 Å². The third-order valence-electron chi connectivity index (χ3n) is 3.11. The Hall–Kier alpha value is -0.850. The predicted molar refractivity (Wildman–Crippen MR) is 87.3 cm³/mol. The summed E-state index contributed by atoms with van der Waals surface area (Å²) in [4.78, 5) is 4.50. The summed E-state index contributed by atoms with van der Waals surface area (Å²) in [7, 11) is 0. The summed E-state index contributed by atoms with van der Waals surface area (Å²) in [5.74, 6) is 1.37. The summed E-state index contributed by atoms with van der Waals surface area (Å²) < 4.78 is 12.8. The zero-order valence-corrected chi connectivity index (χ0v) is 13.6. The molecule has 2 atom stereocenters. The van der Waals surface area contributed by atoms with Gasteiger partial charge in [0.15, 0.2) is 5.96 Å². The van der Waals surface area contributed by atoms with Crippen molar-refractivity contribution in [1.82, 2.24) is 10.6 Å². The van der Waals surface area contributed by atoms with Gasteiger partial charge in [0.2, 0.25) is 0 Å². The number of hydrogen-bond donors (Lipinski definition) is 2. The highest BCUT2D eigenvalue weighted by atomic mass is 127. The Morgan fingerprint density at radius 3 is 2.53 bits per heavy atom. The van der Waals surface area contributed by atoms with Crippen molar-refractivity contribution in [3.63, 3.8) is 0 Å². The standard InChI is InChI=1S/C14H20FN3.HI/c1-3-16-14(18-13-8-10(13)2)17-9-11-4-6-12(15)7-5-11;/h4-7,10,13H,3,8-9H2,1-2H3,(H2,16,17,18);1H. The molecule has 0 amide bonds. The van der Waals surface area contributed by atoms with E-state index in [0.717, 1.165) is 24.0 Å². The third kappa shape index (κ3) is 5.34. The number of hydrogen-bond acceptors (Lipinski definition) is 1. The van der Waals surface area contributed by atoms with Crippen molar-refractivity contribution in [3.05, 3.63) is 35.6 Å². The minimum Gasteiger partial charge on any atom is -0.357 e. The van der Waals surface area contributed by atoms with E-state index in [1.54, 1.807) is 12.1 Å². The van der Waals surface area contributed by atoms with Crippen LogP contribution in [0.15, 0.2) is 29.3 Å². The Morgan fingerprint density at radius 2 is 2.00 bits per heavy atom. The van der Waals surface area contributed by atoms with Crippen molar-refractivity contribution < 1.29 is 4.39 Å². The highest BCUT2D eigenvalue weighted by Gasteiger charge is 2.33. The fraction of sp³-hybridized carbons (Fsp3) is 0.500. The Kier molecular flexibility index (Phi) is 6.54. The van der Waals surface area contributed by atoms with E-state index >= 15 is 0 Å². The summed E-state index contributed by atoms with van der Waals surface area (Å²) >= 11 is 0. The van der Waals surface area contributed by atoms with Crippen molar-refractivity contribution in [2.45, 2.75) is 32.9 Å². The molecule has 0 bridgehead atoms. The molecule has 0 saturated heterocycles. The molecule has 2 N–H and O–H groups in total. The van der Waals surface area contributed by atoms with Gasteiger partial charge in [0.1, 0.15) is 5.82 Å². The summed E-state index contributed by atoms with van der Waals surface area (Å²) in [6.07, 6.45) is 1.21. The van der Waals surface area contributed by atoms with Gasteiger partial charge in [-0.3, -0.25) is 0 Å². The number of benzene rings is 1. The van der Waals surface area contributed by atoms with Crippen LogP contribution in [0.1, 0.15) is 25.8 Å². The maximum atomic E-state index is 12.8. The van der Waals surface area contributed by atoms with E-state index in [2.05, 4.69) is 22.5 Å². The minimum absolute atomic E-state index is 0. The van der Waals surface area contributed by atoms with Crippen LogP contribution in [0.4, 0.5) is 4.39 Å². The molecule has 0 spiro atoms. The van der Waals surface area contributed by atoms with Crippen LogP contribution in [-0.2, 0) is 6.54 Å². The van der Waals surface area contributed by atoms with Crippen LogP contribution < -0.4 is 10.6 Å². The highest BCUT2D eigenvalue weighted by Crippen LogP contribution is 2.28. The number of guanidine groups is 1. The van der Waals surface area contributed by atoms with Gasteiger partial charge in [-0.25, -0.2) is 9.38 Å². The highest BCUT2D eigenvalue weighted by molar-refractivity contribution is 14.0. The number of nitrogens with one attached hydrogen (secondary N) is 2. The molecule has 0 radical (unpaired) electrons. The van der Waals surface area contributed by atoms with Gasteiger partial charge < -0.3 is 10.6 Å². The molecule has 5 heteroatoms. The molecular formula is C14H21FIN3. The van der Waals surface area contributed by atoms with Gasteiger partial charge >= 0.3 is 0 Å². The lowest BCUT2D eigenvalue weighted by molar-refractivity contribution is 0.627. The number of halogens is 2. The van der Waals surface area contributed by atoms with E-state index in [1.807, 2.05) is 6.92 Å². The van der Waals surface area contributed by atoms with Crippen LogP contribution in [0.2, 0.25) is 0 Å². The Balaban J connectivity index is 0.00000180. The molecule has 0 aromatic heterocycles. The van der Waals surface area contributed by atoms with Crippen LogP contribution in [-0.4, -0.2) is 18.5 Å². The monoisotopic (exact) mass is 377 g/mol. The molecule has 0 aliphatic heterocycles. The van der Waals surface area contributed by atoms with Crippen molar-refractivity contribution in [2.75, 3.05) is 6.54 Å². The molecule has 2 rings (SSSR count). The second-order valence-corrected chi connectivity index (χ2v) is 4.79. The topological polar surface area (TPSA) is 36.4 Å². The minimum atomic E-state index is -0.209. The van der Waals surface area contributed by atoms with Gasteiger partial charge in [0.05, 0.1) is 6.54 Å². The first kappa shape index (κ1) is 16.2. The molecule has 1 aromatic rings. The van der Waals surface area contributed by atoms with Crippen LogP contribution in [0.25, 0.3) is 0 Å². The lowest BCUT2D eigenvalue weighted by Crippen LogP contribution is -2.39. The van der Waals surface area contributed by atoms with E-state index in [1.165, 1.54) is 18.6 Å². The van der Waals surface area contributed by atoms with Crippen molar-refractivity contribution >= 4 is 29.9 Å². The van der Waals surface area contributed by atoms with E-state index in [4.69, 9.17) is 0 Å². The van der Waals surface area contributed by atoms with E-state index in [-0.39, 0.29) is 29.8 Å². The molecule has 1 saturated carbocycles. The first-order valence-electron chi connectivity index (χ1n) is 6.48. The summed E-state index contributed by atoms with van der Waals surface area (Å²) in [5.41, 5.74) is 1.01. The average Bonchev–Trinajstić information content (AvgIpc) is 3.04. The lowest BCUT2D eigenvalue weighted by Gasteiger charge is -2.10. The second-order valence-electron chi connectivity index (χ2n) is 4.79. The molecule has 0 heterocycles. The summed E-state index contributed by atoms with van der Waals surface area (Å²) in [6, 6.07) is 7.02. The molecule has 1 fully saturated rings. The molecule has 1 aliphatic carbocycles. The van der Waals surface area contributed by atoms with Gasteiger partial charge in [-0.2, -0.15) is 0 Å². The second kappa shape index (κ2) is 7.67. The molecule has 19 heavy (non-hydrogen) atoms. The third-order valence-corrected chi connectivity index (χ3v) is 3.11. The quantitative estimate of drug-likeness (QED) is 0.481. The Bertz CT molecular complexity index is 419. The van der Waals surface area contributed by atoms with Crippen LogP contribution >= 0.6 is 24.0 Å². The lowest BCUT2D eigenvalue weighted by atomic mass is 10.2. The Morgan fingerprint density at radius 1 is 1.37 bits per heavy atom. The average molecular weight is 377 g/mol. The van der Waals surface area contributed by atoms with Gasteiger partial charge in [0, 0.05) is 12.6 Å². The van der Waals surface area contributed by atoms with Gasteiger partial charge in [-0.15, -0.1) is 24.0 Å². The van der Waals surface area contributed by atoms with Crippen molar-refractivity contribution in [1.29, 1.82) is 0 Å². The Labute approximate surface area is 131 Å². The normalized spacial score (nSPS) is 21.5. The first-order valence-corrected chi connectivity index (χ1v) is 6.48. The van der Waals surface area contributed by atoms with Crippen LogP contribution in [0, 0.1) is 11.7 Å². The van der Waals surface area contributed by atoms with Crippen molar-refractivity contribution in [3.8, 4) is 0 Å². The smallest absolute Gasteiger partial charge is 0.191 e. The molecule has 1 aliphatic rings. The largest absolute Gasteiger partial charge is 0.357 e. The van der Waals surface area contributed by atoms with Gasteiger partial charge in [-0.1, -0.05) is 19.1 Å². The molecule has 1 aromatic carbocycles. The molecular weight excluding hydrogens is 356 g/mol. The number of nitrogens with zero attached hydrogens (tertiary/aromatic N) is 1. The zero-order chi connectivity index (χ0) is 13.0. The van der Waals surface area contributed by atoms with Crippen molar-refractivity contribution in [2.24, 2.45) is 10.9 Å². The van der Waals surface area contributed by atoms with Gasteiger partial charge in [-0.05, 0) is 37.0 Å². The molecule has 106 valence electrons. The molecule has 2 unspecified atom stereocenters. The van der Waals surface area contributed by atoms with Gasteiger partial charge in [0.25, 0.3) is 0 Å². The first-order chi connectivity index (χ1) is 8.69. The van der Waals surface area contributed by atoms with Crippen LogP contribution in [0.3, 0.4) is 0 Å². The van der Waals surface area contributed by atoms with E-state index < -0.39 is 0 Å². The van der Waals surface area contributed by atoms with E-state index in [0.29, 0.717) is 12.6 Å².